The van der Waals surface area contributed by atoms with Crippen LogP contribution in [0.2, 0.25) is 0 Å². The van der Waals surface area contributed by atoms with Gasteiger partial charge in [-0.15, -0.1) is 0 Å². The number of carbonyl (C=O) groups excluding carboxylic acids is 1. The third kappa shape index (κ3) is 1.77. The van der Waals surface area contributed by atoms with Crippen LogP contribution >= 0.6 is 0 Å². The number of alkyl halides is 1. The summed E-state index contributed by atoms with van der Waals surface area (Å²) in [6.07, 6.45) is -1.20. The molecule has 14 heavy (non-hydrogen) atoms. The van der Waals surface area contributed by atoms with E-state index in [9.17, 15) is 14.3 Å². The van der Waals surface area contributed by atoms with Gasteiger partial charge in [0, 0.05) is 12.7 Å². The van der Waals surface area contributed by atoms with Crippen molar-refractivity contribution in [3.63, 3.8) is 0 Å². The molecule has 1 rings (SSSR count). The van der Waals surface area contributed by atoms with E-state index in [-0.39, 0.29) is 5.69 Å². The number of aliphatic hydroxyl groups is 1. The molecular weight excluding hydrogens is 189 g/mol. The molecule has 0 aromatic carbocycles. The summed E-state index contributed by atoms with van der Waals surface area (Å²) >= 11 is 0. The third-order valence-electron chi connectivity index (χ3n) is 2.04. The lowest BCUT2D eigenvalue weighted by molar-refractivity contribution is 0.0587. The SMILES string of the molecule is COC(=O)c1ccc(C(O)CF)n1C. The molecule has 0 saturated carbocycles. The van der Waals surface area contributed by atoms with E-state index in [0.717, 1.165) is 0 Å². The largest absolute Gasteiger partial charge is 0.464 e. The zero-order chi connectivity index (χ0) is 10.7. The number of rotatable bonds is 3. The third-order valence-corrected chi connectivity index (χ3v) is 2.04. The van der Waals surface area contributed by atoms with Gasteiger partial charge >= 0.3 is 5.97 Å². The molecule has 1 unspecified atom stereocenters. The Morgan fingerprint density at radius 2 is 2.36 bits per heavy atom. The Kier molecular flexibility index (Phi) is 3.24. The van der Waals surface area contributed by atoms with Gasteiger partial charge in [0.05, 0.1) is 7.11 Å². The lowest BCUT2D eigenvalue weighted by Gasteiger charge is -2.09. The Bertz CT molecular complexity index is 335. The first-order chi connectivity index (χ1) is 6.61. The first-order valence-electron chi connectivity index (χ1n) is 4.09. The minimum absolute atomic E-state index is 0.287. The molecule has 0 fully saturated rings. The zero-order valence-corrected chi connectivity index (χ0v) is 8.03. The molecule has 0 spiro atoms. The van der Waals surface area contributed by atoms with Gasteiger partial charge in [0.1, 0.15) is 18.5 Å². The van der Waals surface area contributed by atoms with Gasteiger partial charge in [-0.05, 0) is 12.1 Å². The molecule has 0 aliphatic rings. The molecular formula is C9H12FNO3. The normalized spacial score (nSPS) is 12.6. The molecule has 0 aliphatic carbocycles. The van der Waals surface area contributed by atoms with Crippen LogP contribution in [0.25, 0.3) is 0 Å². The fourth-order valence-corrected chi connectivity index (χ4v) is 1.25. The van der Waals surface area contributed by atoms with Crippen LogP contribution in [-0.4, -0.2) is 29.4 Å². The van der Waals surface area contributed by atoms with Gasteiger partial charge in [-0.3, -0.25) is 0 Å². The second-order valence-electron chi connectivity index (χ2n) is 2.86. The Morgan fingerprint density at radius 1 is 1.71 bits per heavy atom. The molecule has 78 valence electrons. The Morgan fingerprint density at radius 3 is 2.86 bits per heavy atom. The number of carbonyl (C=O) groups is 1. The highest BCUT2D eigenvalue weighted by molar-refractivity contribution is 5.87. The van der Waals surface area contributed by atoms with Crippen LogP contribution in [0.1, 0.15) is 22.3 Å². The first kappa shape index (κ1) is 10.7. The highest BCUT2D eigenvalue weighted by Gasteiger charge is 2.17. The minimum atomic E-state index is -1.20. The molecule has 0 aliphatic heterocycles. The van der Waals surface area contributed by atoms with Gasteiger partial charge in [-0.1, -0.05) is 0 Å². The molecule has 1 aromatic rings. The molecule has 0 saturated heterocycles. The number of ether oxygens (including phenoxy) is 1. The summed E-state index contributed by atoms with van der Waals surface area (Å²) in [6, 6.07) is 2.98. The Balaban J connectivity index is 3.02. The number of hydrogen-bond donors (Lipinski definition) is 1. The molecule has 1 aromatic heterocycles. The van der Waals surface area contributed by atoms with Crippen LogP contribution in [0.4, 0.5) is 4.39 Å². The van der Waals surface area contributed by atoms with Crippen molar-refractivity contribution in [3.05, 3.63) is 23.5 Å². The van der Waals surface area contributed by atoms with E-state index in [4.69, 9.17) is 0 Å². The summed E-state index contributed by atoms with van der Waals surface area (Å²) in [5, 5.41) is 9.23. The van der Waals surface area contributed by atoms with Crippen molar-refractivity contribution in [3.8, 4) is 0 Å². The molecule has 1 heterocycles. The second kappa shape index (κ2) is 4.23. The molecule has 4 nitrogen and oxygen atoms in total. The van der Waals surface area contributed by atoms with Gasteiger partial charge < -0.3 is 14.4 Å². The summed E-state index contributed by atoms with van der Waals surface area (Å²) in [5.74, 6) is -0.509. The highest BCUT2D eigenvalue weighted by atomic mass is 19.1. The molecule has 5 heteroatoms. The number of methoxy groups -OCH3 is 1. The second-order valence-corrected chi connectivity index (χ2v) is 2.86. The van der Waals surface area contributed by atoms with Crippen LogP contribution in [0.15, 0.2) is 12.1 Å². The molecule has 1 N–H and O–H groups in total. The number of aromatic nitrogens is 1. The van der Waals surface area contributed by atoms with Gasteiger partial charge in [-0.25, -0.2) is 9.18 Å². The number of halogens is 1. The average Bonchev–Trinajstić information content (AvgIpc) is 2.58. The minimum Gasteiger partial charge on any atom is -0.464 e. The predicted molar refractivity (Wildman–Crippen MR) is 47.7 cm³/mol. The van der Waals surface area contributed by atoms with Gasteiger partial charge in [0.25, 0.3) is 0 Å². The van der Waals surface area contributed by atoms with E-state index >= 15 is 0 Å². The summed E-state index contributed by atoms with van der Waals surface area (Å²) in [5.41, 5.74) is 0.642. The lowest BCUT2D eigenvalue weighted by atomic mass is 10.3. The number of aliphatic hydroxyl groups excluding tert-OH is 1. The topological polar surface area (TPSA) is 51.5 Å². The summed E-state index contributed by atoms with van der Waals surface area (Å²) < 4.78 is 18.1. The summed E-state index contributed by atoms with van der Waals surface area (Å²) in [6.45, 7) is -0.877. The van der Waals surface area contributed by atoms with Crippen molar-refractivity contribution in [2.24, 2.45) is 7.05 Å². The van der Waals surface area contributed by atoms with Gasteiger partial charge in [-0.2, -0.15) is 0 Å². The maximum atomic E-state index is 12.2. The van der Waals surface area contributed by atoms with Crippen LogP contribution in [0.3, 0.4) is 0 Å². The fourth-order valence-electron chi connectivity index (χ4n) is 1.25. The number of nitrogens with zero attached hydrogens (tertiary/aromatic N) is 1. The van der Waals surface area contributed by atoms with Gasteiger partial charge in [0.2, 0.25) is 0 Å². The maximum absolute atomic E-state index is 12.2. The number of hydrogen-bond acceptors (Lipinski definition) is 3. The zero-order valence-electron chi connectivity index (χ0n) is 8.03. The maximum Gasteiger partial charge on any atom is 0.354 e. The Labute approximate surface area is 80.9 Å². The quantitative estimate of drug-likeness (QED) is 0.736. The van der Waals surface area contributed by atoms with Crippen LogP contribution in [-0.2, 0) is 11.8 Å². The van der Waals surface area contributed by atoms with Crippen molar-refractivity contribution in [2.75, 3.05) is 13.8 Å². The smallest absolute Gasteiger partial charge is 0.354 e. The van der Waals surface area contributed by atoms with E-state index in [1.165, 1.54) is 23.8 Å². The van der Waals surface area contributed by atoms with E-state index < -0.39 is 18.7 Å². The molecule has 0 amide bonds. The van der Waals surface area contributed by atoms with Crippen LogP contribution in [0, 0.1) is 0 Å². The van der Waals surface area contributed by atoms with Crippen molar-refractivity contribution in [1.82, 2.24) is 4.57 Å². The molecule has 1 atom stereocenters. The molecule has 0 radical (unpaired) electrons. The fraction of sp³-hybridized carbons (Fsp3) is 0.444. The van der Waals surface area contributed by atoms with E-state index in [0.29, 0.717) is 5.69 Å². The van der Waals surface area contributed by atoms with Crippen molar-refractivity contribution < 1.29 is 19.0 Å². The van der Waals surface area contributed by atoms with Crippen molar-refractivity contribution >= 4 is 5.97 Å². The Hall–Kier alpha value is -1.36. The summed E-state index contributed by atoms with van der Waals surface area (Å²) in [4.78, 5) is 11.1. The van der Waals surface area contributed by atoms with E-state index in [1.807, 2.05) is 0 Å². The van der Waals surface area contributed by atoms with E-state index in [2.05, 4.69) is 4.74 Å². The first-order valence-corrected chi connectivity index (χ1v) is 4.09. The van der Waals surface area contributed by atoms with Crippen molar-refractivity contribution in [1.29, 1.82) is 0 Å². The standard InChI is InChI=1S/C9H12FNO3/c1-11-6(8(12)5-10)3-4-7(11)9(13)14-2/h3-4,8,12H,5H2,1-2H3. The average molecular weight is 201 g/mol. The number of esters is 1. The van der Waals surface area contributed by atoms with Crippen LogP contribution in [0.5, 0.6) is 0 Å². The van der Waals surface area contributed by atoms with Crippen molar-refractivity contribution in [2.45, 2.75) is 6.10 Å². The lowest BCUT2D eigenvalue weighted by Crippen LogP contribution is -2.12. The van der Waals surface area contributed by atoms with Gasteiger partial charge in [0.15, 0.2) is 0 Å². The monoisotopic (exact) mass is 201 g/mol. The summed E-state index contributed by atoms with van der Waals surface area (Å²) in [7, 11) is 2.83. The highest BCUT2D eigenvalue weighted by Crippen LogP contribution is 2.16. The van der Waals surface area contributed by atoms with Crippen LogP contribution < -0.4 is 0 Å². The van der Waals surface area contributed by atoms with E-state index in [1.54, 1.807) is 7.05 Å². The predicted octanol–water partition coefficient (Wildman–Crippen LogP) is 0.815. The molecule has 0 bridgehead atoms.